The van der Waals surface area contributed by atoms with Gasteiger partial charge in [0.25, 0.3) is 0 Å². The van der Waals surface area contributed by atoms with E-state index < -0.39 is 6.10 Å². The summed E-state index contributed by atoms with van der Waals surface area (Å²) in [6, 6.07) is 0. The number of unbranched alkanes of at least 4 members (excludes halogenated alkanes) is 51. The van der Waals surface area contributed by atoms with Gasteiger partial charge in [-0.2, -0.15) is 0 Å². The average Bonchev–Trinajstić information content (AvgIpc) is 3.49. The Kier molecular flexibility index (Phi) is 70.7. The lowest BCUT2D eigenvalue weighted by Crippen LogP contribution is -2.28. The van der Waals surface area contributed by atoms with Crippen LogP contribution in [0.1, 0.15) is 399 Å². The first kappa shape index (κ1) is 79.6. The number of aliphatic hydroxyl groups is 1. The SMILES string of the molecule is CC/C=C\C/C=C\C/C=C\C/C=C\CCCCCCCCCCCCCCCCCCC(=O)OC(CO)COC(=O)CCCCCCCCCCCCCCCCCCCCCCCCCCCCC/C=C\CCCCCCCCCC. The molecule has 0 aromatic heterocycles. The molecule has 0 aliphatic rings. The van der Waals surface area contributed by atoms with Crippen molar-refractivity contribution in [1.82, 2.24) is 0 Å². The summed E-state index contributed by atoms with van der Waals surface area (Å²) in [6.45, 7) is 4.08. The molecule has 480 valence electrons. The van der Waals surface area contributed by atoms with E-state index in [2.05, 4.69) is 74.6 Å². The molecule has 1 N–H and O–H groups in total. The number of hydrogen-bond acceptors (Lipinski definition) is 5. The Morgan fingerprint density at radius 3 is 0.805 bits per heavy atom. The molecule has 0 aliphatic carbocycles. The molecule has 5 nitrogen and oxygen atoms in total. The predicted octanol–water partition coefficient (Wildman–Crippen LogP) is 25.7. The van der Waals surface area contributed by atoms with Gasteiger partial charge in [0, 0.05) is 12.8 Å². The number of rotatable bonds is 69. The lowest BCUT2D eigenvalue weighted by Gasteiger charge is -2.15. The van der Waals surface area contributed by atoms with Gasteiger partial charge in [0.05, 0.1) is 6.61 Å². The minimum atomic E-state index is -0.773. The van der Waals surface area contributed by atoms with E-state index in [-0.39, 0.29) is 25.2 Å². The van der Waals surface area contributed by atoms with Crippen molar-refractivity contribution in [1.29, 1.82) is 0 Å². The van der Waals surface area contributed by atoms with Gasteiger partial charge in [0.1, 0.15) is 6.61 Å². The number of aliphatic hydroxyl groups excluding tert-OH is 1. The quantitative estimate of drug-likeness (QED) is 0.0373. The highest BCUT2D eigenvalue weighted by molar-refractivity contribution is 5.70. The topological polar surface area (TPSA) is 72.8 Å². The molecular formula is C77H142O5. The van der Waals surface area contributed by atoms with Gasteiger partial charge < -0.3 is 14.6 Å². The highest BCUT2D eigenvalue weighted by atomic mass is 16.6. The molecule has 5 heteroatoms. The smallest absolute Gasteiger partial charge is 0.306 e. The Balaban J connectivity index is 3.37. The minimum Gasteiger partial charge on any atom is -0.462 e. The molecule has 0 saturated heterocycles. The van der Waals surface area contributed by atoms with Crippen molar-refractivity contribution in [3.05, 3.63) is 60.8 Å². The lowest BCUT2D eigenvalue weighted by molar-refractivity contribution is -0.161. The van der Waals surface area contributed by atoms with E-state index in [1.54, 1.807) is 0 Å². The molecule has 82 heavy (non-hydrogen) atoms. The van der Waals surface area contributed by atoms with E-state index in [9.17, 15) is 14.7 Å². The van der Waals surface area contributed by atoms with Crippen LogP contribution in [0.25, 0.3) is 0 Å². The van der Waals surface area contributed by atoms with Crippen molar-refractivity contribution in [2.24, 2.45) is 0 Å². The Morgan fingerprint density at radius 1 is 0.293 bits per heavy atom. The summed E-state index contributed by atoms with van der Waals surface area (Å²) in [5, 5.41) is 9.71. The van der Waals surface area contributed by atoms with Gasteiger partial charge in [-0.3, -0.25) is 9.59 Å². The van der Waals surface area contributed by atoms with Gasteiger partial charge in [-0.05, 0) is 77.0 Å². The molecule has 0 radical (unpaired) electrons. The zero-order valence-corrected chi connectivity index (χ0v) is 55.3. The first-order chi connectivity index (χ1) is 40.6. The Hall–Kier alpha value is -2.40. The maximum Gasteiger partial charge on any atom is 0.306 e. The van der Waals surface area contributed by atoms with Crippen LogP contribution in [0, 0.1) is 0 Å². The number of ether oxygens (including phenoxy) is 2. The first-order valence-electron chi connectivity index (χ1n) is 36.8. The molecule has 0 rings (SSSR count). The van der Waals surface area contributed by atoms with Gasteiger partial charge in [0.2, 0.25) is 0 Å². The van der Waals surface area contributed by atoms with E-state index in [0.717, 1.165) is 57.8 Å². The summed E-state index contributed by atoms with van der Waals surface area (Å²) in [5.41, 5.74) is 0. The van der Waals surface area contributed by atoms with Gasteiger partial charge in [0.15, 0.2) is 6.10 Å². The van der Waals surface area contributed by atoms with Crippen molar-refractivity contribution in [3.8, 4) is 0 Å². The van der Waals surface area contributed by atoms with Crippen molar-refractivity contribution in [2.75, 3.05) is 13.2 Å². The molecule has 0 bridgehead atoms. The molecule has 0 aliphatic heterocycles. The van der Waals surface area contributed by atoms with Crippen molar-refractivity contribution < 1.29 is 24.2 Å². The van der Waals surface area contributed by atoms with Crippen LogP contribution in [-0.2, 0) is 19.1 Å². The third kappa shape index (κ3) is 70.1. The standard InChI is InChI=1S/C77H142O5/c1-3-5-7-9-11-13-15-17-19-21-23-25-27-29-31-33-34-35-36-37-38-39-40-41-42-44-45-47-49-51-53-55-57-59-61-63-65-67-69-71-76(79)81-74-75(73-78)82-77(80)72-70-68-66-64-62-60-58-56-54-52-50-48-46-43-32-30-28-26-24-22-20-18-16-14-12-10-8-6-4-2/h6,8,12,14,18,20-21,23-24,26,75,78H,3-5,7,9-11,13,15-17,19,22,25,27-74H2,1-2H3/b8-6-,14-12-,20-18-,23-21-,26-24-. The van der Waals surface area contributed by atoms with Crippen LogP contribution in [0.2, 0.25) is 0 Å². The zero-order chi connectivity index (χ0) is 59.1. The van der Waals surface area contributed by atoms with Gasteiger partial charge >= 0.3 is 11.9 Å². The van der Waals surface area contributed by atoms with E-state index >= 15 is 0 Å². The third-order valence-corrected chi connectivity index (χ3v) is 16.8. The summed E-state index contributed by atoms with van der Waals surface area (Å²) in [4.78, 5) is 24.7. The van der Waals surface area contributed by atoms with E-state index in [4.69, 9.17) is 9.47 Å². The molecule has 0 aromatic carbocycles. The second-order valence-corrected chi connectivity index (χ2v) is 25.0. The molecule has 1 unspecified atom stereocenters. The summed E-state index contributed by atoms with van der Waals surface area (Å²) in [6.07, 6.45) is 100.0. The molecule has 0 aromatic rings. The van der Waals surface area contributed by atoms with Crippen molar-refractivity contribution in [2.45, 2.75) is 405 Å². The van der Waals surface area contributed by atoms with E-state index in [1.165, 1.54) is 315 Å². The Morgan fingerprint density at radius 2 is 0.524 bits per heavy atom. The van der Waals surface area contributed by atoms with E-state index in [1.807, 2.05) is 0 Å². The fourth-order valence-electron chi connectivity index (χ4n) is 11.3. The van der Waals surface area contributed by atoms with Crippen LogP contribution in [0.4, 0.5) is 0 Å². The van der Waals surface area contributed by atoms with Crippen molar-refractivity contribution >= 4 is 11.9 Å². The van der Waals surface area contributed by atoms with Crippen molar-refractivity contribution in [3.63, 3.8) is 0 Å². The second kappa shape index (κ2) is 72.9. The number of carbonyl (C=O) groups excluding carboxylic acids is 2. The Labute approximate surface area is 512 Å². The number of esters is 2. The minimum absolute atomic E-state index is 0.0614. The highest BCUT2D eigenvalue weighted by Crippen LogP contribution is 2.19. The molecule has 1 atom stereocenters. The highest BCUT2D eigenvalue weighted by Gasteiger charge is 2.16. The van der Waals surface area contributed by atoms with Gasteiger partial charge in [-0.1, -0.05) is 370 Å². The largest absolute Gasteiger partial charge is 0.462 e. The molecular weight excluding hydrogens is 1000 g/mol. The number of allylic oxidation sites excluding steroid dienone is 10. The van der Waals surface area contributed by atoms with Gasteiger partial charge in [-0.15, -0.1) is 0 Å². The van der Waals surface area contributed by atoms with Gasteiger partial charge in [-0.25, -0.2) is 0 Å². The predicted molar refractivity (Wildman–Crippen MR) is 362 cm³/mol. The normalized spacial score (nSPS) is 12.5. The maximum atomic E-state index is 12.4. The molecule has 0 spiro atoms. The number of carbonyl (C=O) groups is 2. The maximum absolute atomic E-state index is 12.4. The molecule has 0 amide bonds. The third-order valence-electron chi connectivity index (χ3n) is 16.8. The van der Waals surface area contributed by atoms with Crippen LogP contribution < -0.4 is 0 Å². The fraction of sp³-hybridized carbons (Fsp3) is 0.844. The van der Waals surface area contributed by atoms with Crippen LogP contribution in [-0.4, -0.2) is 36.4 Å². The second-order valence-electron chi connectivity index (χ2n) is 25.0. The zero-order valence-electron chi connectivity index (χ0n) is 55.3. The van der Waals surface area contributed by atoms with Crippen LogP contribution in [0.15, 0.2) is 60.8 Å². The molecule has 0 fully saturated rings. The van der Waals surface area contributed by atoms with Crippen LogP contribution >= 0.6 is 0 Å². The summed E-state index contributed by atoms with van der Waals surface area (Å²) in [7, 11) is 0. The number of hydrogen-bond donors (Lipinski definition) is 1. The van der Waals surface area contributed by atoms with Crippen LogP contribution in [0.5, 0.6) is 0 Å². The summed E-state index contributed by atoms with van der Waals surface area (Å²) >= 11 is 0. The molecule has 0 heterocycles. The summed E-state index contributed by atoms with van der Waals surface area (Å²) in [5.74, 6) is -0.570. The Bertz CT molecular complexity index is 1390. The molecule has 0 saturated carbocycles. The lowest BCUT2D eigenvalue weighted by atomic mass is 10.0. The van der Waals surface area contributed by atoms with Crippen LogP contribution in [0.3, 0.4) is 0 Å². The summed E-state index contributed by atoms with van der Waals surface area (Å²) < 4.78 is 10.8. The monoisotopic (exact) mass is 1150 g/mol. The average molecular weight is 1150 g/mol. The fourth-order valence-corrected chi connectivity index (χ4v) is 11.3. The first-order valence-corrected chi connectivity index (χ1v) is 36.8. The van der Waals surface area contributed by atoms with E-state index in [0.29, 0.717) is 12.8 Å².